The number of methoxy groups -OCH3 is 2. The van der Waals surface area contributed by atoms with Crippen LogP contribution in [0.5, 0.6) is 0 Å². The van der Waals surface area contributed by atoms with Gasteiger partial charge in [-0.05, 0) is 13.8 Å². The Morgan fingerprint density at radius 2 is 2.00 bits per heavy atom. The van der Waals surface area contributed by atoms with Crippen LogP contribution in [-0.4, -0.2) is 30.2 Å². The van der Waals surface area contributed by atoms with Crippen LogP contribution in [0.25, 0.3) is 0 Å². The van der Waals surface area contributed by atoms with E-state index in [4.69, 9.17) is 10.5 Å². The van der Waals surface area contributed by atoms with Crippen LogP contribution in [0, 0.1) is 6.92 Å². The molecule has 0 saturated heterocycles. The molecule has 0 bridgehead atoms. The number of aryl methyl sites for hydroxylation is 1. The van der Waals surface area contributed by atoms with E-state index in [-0.39, 0.29) is 17.5 Å². The molecule has 0 aromatic carbocycles. The SMILES string of the molecule is COC(=O)c1c(C)nc(C(C)OC)nc1N. The van der Waals surface area contributed by atoms with Gasteiger partial charge < -0.3 is 15.2 Å². The Morgan fingerprint density at radius 1 is 1.38 bits per heavy atom. The molecular formula is C10H15N3O3. The smallest absolute Gasteiger partial charge is 0.343 e. The first kappa shape index (κ1) is 12.4. The fourth-order valence-corrected chi connectivity index (χ4v) is 1.26. The number of carbonyl (C=O) groups excluding carboxylic acids is 1. The number of carbonyl (C=O) groups is 1. The molecular weight excluding hydrogens is 210 g/mol. The number of ether oxygens (including phenoxy) is 2. The van der Waals surface area contributed by atoms with Crippen molar-refractivity contribution in [3.05, 3.63) is 17.1 Å². The summed E-state index contributed by atoms with van der Waals surface area (Å²) in [5.41, 5.74) is 6.37. The van der Waals surface area contributed by atoms with Crippen LogP contribution in [0.3, 0.4) is 0 Å². The molecule has 16 heavy (non-hydrogen) atoms. The third kappa shape index (κ3) is 2.27. The average molecular weight is 225 g/mol. The van der Waals surface area contributed by atoms with Crippen molar-refractivity contribution in [3.8, 4) is 0 Å². The van der Waals surface area contributed by atoms with Crippen LogP contribution in [0.15, 0.2) is 0 Å². The highest BCUT2D eigenvalue weighted by Gasteiger charge is 2.19. The quantitative estimate of drug-likeness (QED) is 0.768. The number of anilines is 1. The van der Waals surface area contributed by atoms with E-state index in [0.29, 0.717) is 11.5 Å². The summed E-state index contributed by atoms with van der Waals surface area (Å²) in [6, 6.07) is 0. The van der Waals surface area contributed by atoms with Gasteiger partial charge in [-0.3, -0.25) is 0 Å². The largest absolute Gasteiger partial charge is 0.465 e. The summed E-state index contributed by atoms with van der Waals surface area (Å²) in [6.45, 7) is 3.47. The van der Waals surface area contributed by atoms with Crippen LogP contribution >= 0.6 is 0 Å². The Bertz CT molecular complexity index is 383. The van der Waals surface area contributed by atoms with Gasteiger partial charge in [-0.1, -0.05) is 0 Å². The molecule has 1 aromatic heterocycles. The first-order chi connectivity index (χ1) is 7.51. The lowest BCUT2D eigenvalue weighted by molar-refractivity contribution is 0.0599. The Hall–Kier alpha value is -1.69. The van der Waals surface area contributed by atoms with E-state index in [1.165, 1.54) is 7.11 Å². The zero-order chi connectivity index (χ0) is 12.3. The van der Waals surface area contributed by atoms with Gasteiger partial charge in [-0.15, -0.1) is 0 Å². The van der Waals surface area contributed by atoms with Crippen molar-refractivity contribution in [1.82, 2.24) is 9.97 Å². The van der Waals surface area contributed by atoms with Gasteiger partial charge in [0.15, 0.2) is 5.82 Å². The maximum atomic E-state index is 11.4. The first-order valence-corrected chi connectivity index (χ1v) is 4.76. The lowest BCUT2D eigenvalue weighted by atomic mass is 10.2. The molecule has 0 spiro atoms. The third-order valence-corrected chi connectivity index (χ3v) is 2.24. The lowest BCUT2D eigenvalue weighted by Gasteiger charge is -2.12. The van der Waals surface area contributed by atoms with E-state index in [9.17, 15) is 4.79 Å². The summed E-state index contributed by atoms with van der Waals surface area (Å²) < 4.78 is 9.67. The summed E-state index contributed by atoms with van der Waals surface area (Å²) in [6.07, 6.45) is -0.271. The van der Waals surface area contributed by atoms with E-state index >= 15 is 0 Å². The monoisotopic (exact) mass is 225 g/mol. The van der Waals surface area contributed by atoms with Crippen molar-refractivity contribution in [1.29, 1.82) is 0 Å². The number of rotatable bonds is 3. The second-order valence-corrected chi connectivity index (χ2v) is 3.30. The number of nitrogens with two attached hydrogens (primary N) is 1. The molecule has 0 aliphatic rings. The molecule has 6 nitrogen and oxygen atoms in total. The fraction of sp³-hybridized carbons (Fsp3) is 0.500. The number of nitrogens with zero attached hydrogens (tertiary/aromatic N) is 2. The van der Waals surface area contributed by atoms with Gasteiger partial charge in [0, 0.05) is 7.11 Å². The second kappa shape index (κ2) is 4.89. The van der Waals surface area contributed by atoms with Crippen molar-refractivity contribution >= 4 is 11.8 Å². The van der Waals surface area contributed by atoms with Crippen molar-refractivity contribution in [3.63, 3.8) is 0 Å². The maximum Gasteiger partial charge on any atom is 0.343 e. The number of hydrogen-bond acceptors (Lipinski definition) is 6. The topological polar surface area (TPSA) is 87.3 Å². The highest BCUT2D eigenvalue weighted by molar-refractivity contribution is 5.95. The molecule has 1 aromatic rings. The van der Waals surface area contributed by atoms with E-state index in [2.05, 4.69) is 14.7 Å². The molecule has 1 atom stereocenters. The Morgan fingerprint density at radius 3 is 2.44 bits per heavy atom. The Labute approximate surface area is 93.8 Å². The predicted octanol–water partition coefficient (Wildman–Crippen LogP) is 0.861. The van der Waals surface area contributed by atoms with Gasteiger partial charge in [0.1, 0.15) is 17.5 Å². The molecule has 0 saturated carbocycles. The standard InChI is InChI=1S/C10H15N3O3/c1-5-7(10(14)16-4)8(11)13-9(12-5)6(2)15-3/h6H,1-4H3,(H2,11,12,13). The Balaban J connectivity index is 3.22. The van der Waals surface area contributed by atoms with E-state index in [1.807, 2.05) is 0 Å². The Kier molecular flexibility index (Phi) is 3.78. The molecule has 1 heterocycles. The van der Waals surface area contributed by atoms with Gasteiger partial charge in [0.25, 0.3) is 0 Å². The molecule has 0 aliphatic carbocycles. The average Bonchev–Trinajstić information content (AvgIpc) is 2.26. The minimum absolute atomic E-state index is 0.109. The summed E-state index contributed by atoms with van der Waals surface area (Å²) in [7, 11) is 2.83. The number of aromatic nitrogens is 2. The van der Waals surface area contributed by atoms with Crippen molar-refractivity contribution in [2.24, 2.45) is 0 Å². The van der Waals surface area contributed by atoms with Gasteiger partial charge in [0.2, 0.25) is 0 Å². The summed E-state index contributed by atoms with van der Waals surface area (Å²) in [5, 5.41) is 0. The molecule has 2 N–H and O–H groups in total. The van der Waals surface area contributed by atoms with Gasteiger partial charge >= 0.3 is 5.97 Å². The molecule has 0 amide bonds. The lowest BCUT2D eigenvalue weighted by Crippen LogP contribution is -2.15. The molecule has 0 aliphatic heterocycles. The number of nitrogen functional groups attached to an aromatic ring is 1. The van der Waals surface area contributed by atoms with E-state index < -0.39 is 5.97 Å². The fourth-order valence-electron chi connectivity index (χ4n) is 1.26. The summed E-state index contributed by atoms with van der Waals surface area (Å²) >= 11 is 0. The third-order valence-electron chi connectivity index (χ3n) is 2.24. The van der Waals surface area contributed by atoms with Crippen molar-refractivity contribution in [2.75, 3.05) is 20.0 Å². The van der Waals surface area contributed by atoms with Crippen LogP contribution in [0.2, 0.25) is 0 Å². The highest BCUT2D eigenvalue weighted by Crippen LogP contribution is 2.18. The molecule has 1 rings (SSSR count). The summed E-state index contributed by atoms with van der Waals surface area (Å²) in [4.78, 5) is 19.6. The highest BCUT2D eigenvalue weighted by atomic mass is 16.5. The molecule has 6 heteroatoms. The summed E-state index contributed by atoms with van der Waals surface area (Å²) in [5.74, 6) is 0.0232. The molecule has 88 valence electrons. The van der Waals surface area contributed by atoms with E-state index in [0.717, 1.165) is 0 Å². The van der Waals surface area contributed by atoms with Crippen LogP contribution in [0.4, 0.5) is 5.82 Å². The molecule has 1 unspecified atom stereocenters. The van der Waals surface area contributed by atoms with Gasteiger partial charge in [-0.2, -0.15) is 0 Å². The normalized spacial score (nSPS) is 12.2. The van der Waals surface area contributed by atoms with Crippen LogP contribution in [-0.2, 0) is 9.47 Å². The maximum absolute atomic E-state index is 11.4. The minimum Gasteiger partial charge on any atom is -0.465 e. The van der Waals surface area contributed by atoms with Crippen LogP contribution < -0.4 is 5.73 Å². The van der Waals surface area contributed by atoms with E-state index in [1.54, 1.807) is 21.0 Å². The second-order valence-electron chi connectivity index (χ2n) is 3.30. The van der Waals surface area contributed by atoms with Gasteiger partial charge in [-0.25, -0.2) is 14.8 Å². The van der Waals surface area contributed by atoms with Crippen molar-refractivity contribution in [2.45, 2.75) is 20.0 Å². The van der Waals surface area contributed by atoms with Crippen LogP contribution in [0.1, 0.15) is 34.9 Å². The minimum atomic E-state index is -0.536. The zero-order valence-electron chi connectivity index (χ0n) is 9.77. The van der Waals surface area contributed by atoms with Gasteiger partial charge in [0.05, 0.1) is 12.8 Å². The first-order valence-electron chi connectivity index (χ1n) is 4.76. The predicted molar refractivity (Wildman–Crippen MR) is 57.9 cm³/mol. The number of esters is 1. The van der Waals surface area contributed by atoms with Crippen molar-refractivity contribution < 1.29 is 14.3 Å². The number of hydrogen-bond donors (Lipinski definition) is 1. The molecule has 0 fully saturated rings. The zero-order valence-corrected chi connectivity index (χ0v) is 9.77. The molecule has 0 radical (unpaired) electrons.